The van der Waals surface area contributed by atoms with Crippen molar-refractivity contribution in [1.82, 2.24) is 0 Å². The van der Waals surface area contributed by atoms with E-state index in [0.29, 0.717) is 23.7 Å². The summed E-state index contributed by atoms with van der Waals surface area (Å²) in [6.07, 6.45) is -0.0346. The summed E-state index contributed by atoms with van der Waals surface area (Å²) in [5.74, 6) is -0.327. The lowest BCUT2D eigenvalue weighted by Gasteiger charge is -2.10. The first-order valence-corrected chi connectivity index (χ1v) is 8.84. The van der Waals surface area contributed by atoms with Crippen molar-refractivity contribution < 1.29 is 28.7 Å². The summed E-state index contributed by atoms with van der Waals surface area (Å²) in [4.78, 5) is 34.6. The quantitative estimate of drug-likeness (QED) is 0.389. The molecule has 0 aliphatic rings. The number of anilines is 1. The molecule has 0 unspecified atom stereocenters. The van der Waals surface area contributed by atoms with E-state index in [1.54, 1.807) is 19.1 Å². The maximum atomic E-state index is 12.0. The molecule has 0 aliphatic carbocycles. The standard InChI is InChI=1S/C20H22N2O7/c1-4-28-15-7-8-16(17(11-15)22(25)26)21-19(23)12-29-20(24)10-14-6-5-13(2)18(9-14)27-3/h5-9,11H,4,10,12H2,1-3H3,(H,21,23). The van der Waals surface area contributed by atoms with Gasteiger partial charge in [-0.2, -0.15) is 0 Å². The maximum Gasteiger partial charge on any atom is 0.310 e. The number of ether oxygens (including phenoxy) is 3. The van der Waals surface area contributed by atoms with Crippen molar-refractivity contribution >= 4 is 23.3 Å². The maximum absolute atomic E-state index is 12.0. The Morgan fingerprint density at radius 3 is 2.59 bits per heavy atom. The molecule has 0 radical (unpaired) electrons. The average Bonchev–Trinajstić information content (AvgIpc) is 2.69. The molecule has 0 bridgehead atoms. The highest BCUT2D eigenvalue weighted by Gasteiger charge is 2.18. The van der Waals surface area contributed by atoms with E-state index in [1.807, 2.05) is 13.0 Å². The first-order chi connectivity index (χ1) is 13.8. The number of carbonyl (C=O) groups is 2. The van der Waals surface area contributed by atoms with E-state index in [1.165, 1.54) is 25.3 Å². The van der Waals surface area contributed by atoms with Crippen molar-refractivity contribution in [3.63, 3.8) is 0 Å². The predicted molar refractivity (Wildman–Crippen MR) is 105 cm³/mol. The summed E-state index contributed by atoms with van der Waals surface area (Å²) in [5, 5.41) is 13.6. The van der Waals surface area contributed by atoms with Crippen LogP contribution in [0.4, 0.5) is 11.4 Å². The Balaban J connectivity index is 1.94. The molecular formula is C20H22N2O7. The van der Waals surface area contributed by atoms with Gasteiger partial charge in [0, 0.05) is 0 Å². The van der Waals surface area contributed by atoms with Gasteiger partial charge in [-0.25, -0.2) is 0 Å². The van der Waals surface area contributed by atoms with Crippen LogP contribution in [0.3, 0.4) is 0 Å². The molecule has 0 saturated heterocycles. The van der Waals surface area contributed by atoms with Crippen LogP contribution < -0.4 is 14.8 Å². The molecule has 0 atom stereocenters. The number of nitrogens with one attached hydrogen (secondary N) is 1. The van der Waals surface area contributed by atoms with Crippen LogP contribution in [0.2, 0.25) is 0 Å². The van der Waals surface area contributed by atoms with Crippen molar-refractivity contribution in [3.05, 3.63) is 57.6 Å². The highest BCUT2D eigenvalue weighted by atomic mass is 16.6. The number of esters is 1. The zero-order valence-corrected chi connectivity index (χ0v) is 16.4. The summed E-state index contributed by atoms with van der Waals surface area (Å²) in [5.41, 5.74) is 1.28. The first kappa shape index (κ1) is 21.7. The van der Waals surface area contributed by atoms with Crippen LogP contribution >= 0.6 is 0 Å². The Bertz CT molecular complexity index is 912. The van der Waals surface area contributed by atoms with Crippen LogP contribution in [0.25, 0.3) is 0 Å². The molecular weight excluding hydrogens is 380 g/mol. The van der Waals surface area contributed by atoms with Gasteiger partial charge in [-0.05, 0) is 43.2 Å². The van der Waals surface area contributed by atoms with Gasteiger partial charge in [0.25, 0.3) is 11.6 Å². The number of rotatable bonds is 9. The minimum Gasteiger partial charge on any atom is -0.496 e. The summed E-state index contributed by atoms with van der Waals surface area (Å²) in [7, 11) is 1.54. The second kappa shape index (κ2) is 10.1. The number of hydrogen-bond acceptors (Lipinski definition) is 7. The molecule has 0 fully saturated rings. The molecule has 2 aromatic carbocycles. The Hall–Kier alpha value is -3.62. The molecule has 2 aromatic rings. The number of methoxy groups -OCH3 is 1. The van der Waals surface area contributed by atoms with Gasteiger partial charge in [-0.3, -0.25) is 19.7 Å². The smallest absolute Gasteiger partial charge is 0.310 e. The van der Waals surface area contributed by atoms with E-state index < -0.39 is 23.4 Å². The van der Waals surface area contributed by atoms with Crippen LogP contribution in [-0.2, 0) is 20.7 Å². The Morgan fingerprint density at radius 2 is 1.93 bits per heavy atom. The van der Waals surface area contributed by atoms with Crippen LogP contribution in [0.15, 0.2) is 36.4 Å². The number of amides is 1. The van der Waals surface area contributed by atoms with Crippen LogP contribution in [0, 0.1) is 17.0 Å². The molecule has 154 valence electrons. The van der Waals surface area contributed by atoms with Crippen molar-refractivity contribution in [3.8, 4) is 11.5 Å². The zero-order valence-electron chi connectivity index (χ0n) is 16.4. The van der Waals surface area contributed by atoms with E-state index in [4.69, 9.17) is 14.2 Å². The van der Waals surface area contributed by atoms with Crippen LogP contribution in [0.1, 0.15) is 18.1 Å². The van der Waals surface area contributed by atoms with Crippen molar-refractivity contribution in [2.24, 2.45) is 0 Å². The van der Waals surface area contributed by atoms with E-state index in [-0.39, 0.29) is 17.8 Å². The molecule has 0 aliphatic heterocycles. The van der Waals surface area contributed by atoms with Gasteiger partial charge < -0.3 is 19.5 Å². The topological polar surface area (TPSA) is 117 Å². The second-order valence-electron chi connectivity index (χ2n) is 6.06. The number of benzene rings is 2. The Kier molecular flexibility index (Phi) is 7.53. The normalized spacial score (nSPS) is 10.2. The summed E-state index contributed by atoms with van der Waals surface area (Å²) in [6.45, 7) is 3.42. The summed E-state index contributed by atoms with van der Waals surface area (Å²) >= 11 is 0. The number of nitro groups is 1. The largest absolute Gasteiger partial charge is 0.496 e. The lowest BCUT2D eigenvalue weighted by Crippen LogP contribution is -2.22. The van der Waals surface area contributed by atoms with E-state index in [0.717, 1.165) is 5.56 Å². The molecule has 29 heavy (non-hydrogen) atoms. The fourth-order valence-electron chi connectivity index (χ4n) is 2.55. The summed E-state index contributed by atoms with van der Waals surface area (Å²) in [6, 6.07) is 9.39. The Labute approximate surface area is 167 Å². The number of nitro benzene ring substituents is 1. The monoisotopic (exact) mass is 402 g/mol. The van der Waals surface area contributed by atoms with Gasteiger partial charge in [0.1, 0.15) is 17.2 Å². The third-order valence-corrected chi connectivity index (χ3v) is 3.94. The van der Waals surface area contributed by atoms with Crippen molar-refractivity contribution in [2.45, 2.75) is 20.3 Å². The van der Waals surface area contributed by atoms with E-state index in [9.17, 15) is 19.7 Å². The third kappa shape index (κ3) is 6.20. The Morgan fingerprint density at radius 1 is 1.17 bits per heavy atom. The highest BCUT2D eigenvalue weighted by molar-refractivity contribution is 5.95. The average molecular weight is 402 g/mol. The van der Waals surface area contributed by atoms with Gasteiger partial charge in [-0.1, -0.05) is 12.1 Å². The first-order valence-electron chi connectivity index (χ1n) is 8.84. The minimum atomic E-state index is -0.688. The lowest BCUT2D eigenvalue weighted by molar-refractivity contribution is -0.384. The SMILES string of the molecule is CCOc1ccc(NC(=O)COC(=O)Cc2ccc(C)c(OC)c2)c([N+](=O)[O-])c1. The second-order valence-corrected chi connectivity index (χ2v) is 6.06. The molecule has 1 amide bonds. The summed E-state index contributed by atoms with van der Waals surface area (Å²) < 4.78 is 15.4. The number of hydrogen-bond donors (Lipinski definition) is 1. The fraction of sp³-hybridized carbons (Fsp3) is 0.300. The molecule has 0 aromatic heterocycles. The highest BCUT2D eigenvalue weighted by Crippen LogP contribution is 2.29. The molecule has 2 rings (SSSR count). The van der Waals surface area contributed by atoms with E-state index in [2.05, 4.69) is 5.32 Å². The zero-order chi connectivity index (χ0) is 21.4. The molecule has 9 nitrogen and oxygen atoms in total. The van der Waals surface area contributed by atoms with Crippen LogP contribution in [0.5, 0.6) is 11.5 Å². The van der Waals surface area contributed by atoms with Crippen molar-refractivity contribution in [2.75, 3.05) is 25.6 Å². The number of nitrogens with zero attached hydrogens (tertiary/aromatic N) is 1. The van der Waals surface area contributed by atoms with Gasteiger partial charge >= 0.3 is 5.97 Å². The molecule has 0 saturated carbocycles. The van der Waals surface area contributed by atoms with Gasteiger partial charge in [-0.15, -0.1) is 0 Å². The molecule has 1 N–H and O–H groups in total. The predicted octanol–water partition coefficient (Wildman–Crippen LogP) is 3.03. The van der Waals surface area contributed by atoms with Gasteiger partial charge in [0.15, 0.2) is 6.61 Å². The van der Waals surface area contributed by atoms with Crippen LogP contribution in [-0.4, -0.2) is 37.1 Å². The fourth-order valence-corrected chi connectivity index (χ4v) is 2.55. The third-order valence-electron chi connectivity index (χ3n) is 3.94. The minimum absolute atomic E-state index is 0.0113. The lowest BCUT2D eigenvalue weighted by atomic mass is 10.1. The molecule has 0 heterocycles. The van der Waals surface area contributed by atoms with Gasteiger partial charge in [0.2, 0.25) is 0 Å². The van der Waals surface area contributed by atoms with Crippen molar-refractivity contribution in [1.29, 1.82) is 0 Å². The molecule has 9 heteroatoms. The molecule has 0 spiro atoms. The van der Waals surface area contributed by atoms with Gasteiger partial charge in [0.05, 0.1) is 31.1 Å². The van der Waals surface area contributed by atoms with E-state index >= 15 is 0 Å². The number of aryl methyl sites for hydroxylation is 1. The number of carbonyl (C=O) groups excluding carboxylic acids is 2.